The van der Waals surface area contributed by atoms with E-state index in [1.807, 2.05) is 6.07 Å². The number of hydrogen-bond acceptors (Lipinski definition) is 0. The number of unbranched alkanes of at least 4 members (excludes halogenated alkanes) is 1. The molecule has 0 fully saturated rings. The molecule has 0 bridgehead atoms. The van der Waals surface area contributed by atoms with E-state index in [1.165, 1.54) is 41.1 Å². The number of para-hydroxylation sites is 1. The monoisotopic (exact) mass is 367 g/mol. The van der Waals surface area contributed by atoms with Crippen LogP contribution in [0.15, 0.2) is 42.5 Å². The van der Waals surface area contributed by atoms with E-state index < -0.39 is 0 Å². The summed E-state index contributed by atoms with van der Waals surface area (Å²) < 4.78 is 2.46. The number of nitrogens with zero attached hydrogens (tertiary/aromatic N) is 1. The van der Waals surface area contributed by atoms with Crippen molar-refractivity contribution in [1.29, 1.82) is 0 Å². The second-order valence-corrected chi connectivity index (χ2v) is 6.81. The van der Waals surface area contributed by atoms with E-state index in [9.17, 15) is 0 Å². The Morgan fingerprint density at radius 2 is 1.91 bits per heavy atom. The van der Waals surface area contributed by atoms with Crippen LogP contribution in [0.1, 0.15) is 31.7 Å². The molecule has 0 aliphatic rings. The van der Waals surface area contributed by atoms with Crippen molar-refractivity contribution in [2.45, 2.75) is 32.7 Å². The van der Waals surface area contributed by atoms with Crippen molar-refractivity contribution in [3.05, 3.63) is 48.0 Å². The van der Waals surface area contributed by atoms with E-state index in [0.717, 1.165) is 17.4 Å². The molecule has 118 valence electrons. The van der Waals surface area contributed by atoms with Crippen molar-refractivity contribution in [1.82, 2.24) is 4.57 Å². The van der Waals surface area contributed by atoms with Gasteiger partial charge in [-0.05, 0) is 36.6 Å². The van der Waals surface area contributed by atoms with Gasteiger partial charge in [0.2, 0.25) is 0 Å². The Kier molecular flexibility index (Phi) is 5.08. The molecule has 0 spiro atoms. The van der Waals surface area contributed by atoms with E-state index in [1.54, 1.807) is 0 Å². The maximum atomic E-state index is 5.59. The molecule has 1 unspecified atom stereocenters. The lowest BCUT2D eigenvalue weighted by Gasteiger charge is -2.16. The first kappa shape index (κ1) is 16.1. The van der Waals surface area contributed by atoms with Gasteiger partial charge in [-0.1, -0.05) is 59.8 Å². The quantitative estimate of drug-likeness (QED) is 0.373. The molecule has 0 radical (unpaired) electrons. The Morgan fingerprint density at radius 1 is 1.13 bits per heavy atom. The van der Waals surface area contributed by atoms with E-state index in [0.29, 0.717) is 5.92 Å². The lowest BCUT2D eigenvalue weighted by atomic mass is 10.0. The number of hydrogen-bond donors (Lipinski definition) is 0. The molecule has 3 rings (SSSR count). The fourth-order valence-corrected chi connectivity index (χ4v) is 3.84. The highest BCUT2D eigenvalue weighted by Gasteiger charge is 2.14. The van der Waals surface area contributed by atoms with Crippen LogP contribution in [0.25, 0.3) is 21.8 Å². The van der Waals surface area contributed by atoms with Crippen LogP contribution in [-0.4, -0.2) is 9.90 Å². The summed E-state index contributed by atoms with van der Waals surface area (Å²) in [6.07, 6.45) is 9.39. The molecule has 1 aromatic heterocycles. The van der Waals surface area contributed by atoms with Crippen molar-refractivity contribution in [3.63, 3.8) is 0 Å². The van der Waals surface area contributed by atoms with Gasteiger partial charge in [0.1, 0.15) is 0 Å². The molecule has 0 saturated carbocycles. The molecule has 1 nitrogen and oxygen atoms in total. The highest BCUT2D eigenvalue weighted by molar-refractivity contribution is 9.09. The third-order valence-corrected chi connectivity index (χ3v) is 5.48. The van der Waals surface area contributed by atoms with Gasteiger partial charge in [-0.2, -0.15) is 0 Å². The Hall–Kier alpha value is -1.72. The SMILES string of the molecule is C#Cc1ccc2c(c1)c1ccccc1n2CC(CBr)CCCC. The highest BCUT2D eigenvalue weighted by Crippen LogP contribution is 2.31. The minimum atomic E-state index is 0.654. The molecule has 0 aliphatic carbocycles. The highest BCUT2D eigenvalue weighted by atomic mass is 79.9. The van der Waals surface area contributed by atoms with Gasteiger partial charge < -0.3 is 4.57 Å². The van der Waals surface area contributed by atoms with Crippen molar-refractivity contribution in [2.75, 3.05) is 5.33 Å². The van der Waals surface area contributed by atoms with Gasteiger partial charge in [0.25, 0.3) is 0 Å². The zero-order valence-corrected chi connectivity index (χ0v) is 15.1. The van der Waals surface area contributed by atoms with Gasteiger partial charge in [0.05, 0.1) is 0 Å². The molecular weight excluding hydrogens is 346 g/mol. The number of benzene rings is 2. The minimum Gasteiger partial charge on any atom is -0.340 e. The average molecular weight is 368 g/mol. The number of fused-ring (bicyclic) bond motifs is 3. The molecule has 1 heterocycles. The van der Waals surface area contributed by atoms with E-state index in [-0.39, 0.29) is 0 Å². The van der Waals surface area contributed by atoms with E-state index in [4.69, 9.17) is 6.42 Å². The fraction of sp³-hybridized carbons (Fsp3) is 0.333. The summed E-state index contributed by atoms with van der Waals surface area (Å²) in [5, 5.41) is 3.60. The largest absolute Gasteiger partial charge is 0.340 e. The maximum Gasteiger partial charge on any atom is 0.0492 e. The van der Waals surface area contributed by atoms with E-state index in [2.05, 4.69) is 69.7 Å². The second kappa shape index (κ2) is 7.23. The topological polar surface area (TPSA) is 4.93 Å². The number of terminal acetylenes is 1. The molecule has 0 aliphatic heterocycles. The van der Waals surface area contributed by atoms with Gasteiger partial charge >= 0.3 is 0 Å². The normalized spacial score (nSPS) is 12.6. The third-order valence-electron chi connectivity index (χ3n) is 4.56. The molecule has 0 N–H and O–H groups in total. The molecular formula is C21H22BrN. The predicted molar refractivity (Wildman–Crippen MR) is 104 cm³/mol. The molecule has 3 aromatic rings. The van der Waals surface area contributed by atoms with Crippen LogP contribution in [0, 0.1) is 18.3 Å². The number of alkyl halides is 1. The van der Waals surface area contributed by atoms with Crippen molar-refractivity contribution in [2.24, 2.45) is 5.92 Å². The molecule has 2 heteroatoms. The summed E-state index contributed by atoms with van der Waals surface area (Å²) in [6, 6.07) is 15.0. The van der Waals surface area contributed by atoms with E-state index >= 15 is 0 Å². The summed E-state index contributed by atoms with van der Waals surface area (Å²) >= 11 is 3.70. The number of halogens is 1. The van der Waals surface area contributed by atoms with Crippen molar-refractivity contribution >= 4 is 37.7 Å². The van der Waals surface area contributed by atoms with Crippen LogP contribution in [0.5, 0.6) is 0 Å². The Labute approximate surface area is 146 Å². The zero-order chi connectivity index (χ0) is 16.2. The summed E-state index contributed by atoms with van der Waals surface area (Å²) in [5.41, 5.74) is 3.54. The van der Waals surface area contributed by atoms with Gasteiger partial charge in [0.15, 0.2) is 0 Å². The average Bonchev–Trinajstić information content (AvgIpc) is 2.91. The first-order valence-corrected chi connectivity index (χ1v) is 9.44. The van der Waals surface area contributed by atoms with Gasteiger partial charge in [-0.25, -0.2) is 0 Å². The molecule has 1 atom stereocenters. The van der Waals surface area contributed by atoms with Gasteiger partial charge in [-0.15, -0.1) is 6.42 Å². The summed E-state index contributed by atoms with van der Waals surface area (Å²) in [6.45, 7) is 3.30. The predicted octanol–water partition coefficient (Wildman–Crippen LogP) is 5.98. The smallest absolute Gasteiger partial charge is 0.0492 e. The summed E-state index contributed by atoms with van der Waals surface area (Å²) in [7, 11) is 0. The van der Waals surface area contributed by atoms with Crippen LogP contribution in [0.4, 0.5) is 0 Å². The van der Waals surface area contributed by atoms with Crippen LogP contribution >= 0.6 is 15.9 Å². The van der Waals surface area contributed by atoms with Gasteiger partial charge in [-0.3, -0.25) is 0 Å². The molecule has 2 aromatic carbocycles. The second-order valence-electron chi connectivity index (χ2n) is 6.17. The maximum absolute atomic E-state index is 5.59. The lowest BCUT2D eigenvalue weighted by Crippen LogP contribution is -2.12. The molecule has 0 saturated heterocycles. The Morgan fingerprint density at radius 3 is 2.65 bits per heavy atom. The molecule has 23 heavy (non-hydrogen) atoms. The van der Waals surface area contributed by atoms with Gasteiger partial charge in [0, 0.05) is 39.2 Å². The van der Waals surface area contributed by atoms with Crippen LogP contribution < -0.4 is 0 Å². The van der Waals surface area contributed by atoms with Crippen LogP contribution in [0.3, 0.4) is 0 Å². The Bertz CT molecular complexity index is 853. The van der Waals surface area contributed by atoms with Crippen LogP contribution in [-0.2, 0) is 6.54 Å². The molecule has 0 amide bonds. The third kappa shape index (κ3) is 3.16. The number of aromatic nitrogens is 1. The summed E-state index contributed by atoms with van der Waals surface area (Å²) in [4.78, 5) is 0. The standard InChI is InChI=1S/C21H22BrN/c1-3-5-8-17(14-22)15-23-20-10-7-6-9-18(20)19-13-16(4-2)11-12-21(19)23/h2,6-7,9-13,17H,3,5,8,14-15H2,1H3. The lowest BCUT2D eigenvalue weighted by molar-refractivity contribution is 0.457. The first-order chi connectivity index (χ1) is 11.3. The van der Waals surface area contributed by atoms with Crippen molar-refractivity contribution in [3.8, 4) is 12.3 Å². The zero-order valence-electron chi connectivity index (χ0n) is 13.6. The first-order valence-electron chi connectivity index (χ1n) is 8.32. The summed E-state index contributed by atoms with van der Waals surface area (Å²) in [5.74, 6) is 3.41. The Balaban J connectivity index is 2.12. The van der Waals surface area contributed by atoms with Crippen molar-refractivity contribution < 1.29 is 0 Å². The van der Waals surface area contributed by atoms with Crippen LogP contribution in [0.2, 0.25) is 0 Å². The number of rotatable bonds is 6. The minimum absolute atomic E-state index is 0.654. The fourth-order valence-electron chi connectivity index (χ4n) is 3.31.